The van der Waals surface area contributed by atoms with Crippen molar-refractivity contribution < 1.29 is 27.5 Å². The molecule has 2 aromatic rings. The average Bonchev–Trinajstić information content (AvgIpc) is 2.99. The third kappa shape index (κ3) is 4.34. The van der Waals surface area contributed by atoms with Crippen LogP contribution in [-0.4, -0.2) is 46.8 Å². The number of amides is 1. The van der Waals surface area contributed by atoms with E-state index in [1.165, 1.54) is 31.3 Å². The van der Waals surface area contributed by atoms with Gasteiger partial charge in [-0.3, -0.25) is 9.59 Å². The number of alkyl halides is 3. The number of likely N-dealkylation sites (N-methyl/N-ethyl adjacent to an activating group) is 1. The highest BCUT2D eigenvalue weighted by Crippen LogP contribution is 2.34. The molecule has 0 aliphatic rings. The first-order chi connectivity index (χ1) is 12.1. The van der Waals surface area contributed by atoms with E-state index in [9.17, 15) is 22.8 Å². The van der Waals surface area contributed by atoms with Gasteiger partial charge in [-0.05, 0) is 25.1 Å². The Hall–Kier alpha value is -2.55. The lowest BCUT2D eigenvalue weighted by Gasteiger charge is -2.17. The highest BCUT2D eigenvalue weighted by molar-refractivity contribution is 6.30. The molecule has 1 aromatic carbocycles. The first-order valence-electron chi connectivity index (χ1n) is 7.47. The van der Waals surface area contributed by atoms with E-state index in [0.717, 1.165) is 11.1 Å². The predicted molar refractivity (Wildman–Crippen MR) is 87.2 cm³/mol. The van der Waals surface area contributed by atoms with Crippen molar-refractivity contribution >= 4 is 23.5 Å². The lowest BCUT2D eigenvalue weighted by Crippen LogP contribution is -2.34. The van der Waals surface area contributed by atoms with Crippen molar-refractivity contribution in [1.29, 1.82) is 0 Å². The van der Waals surface area contributed by atoms with Crippen LogP contribution in [0.25, 0.3) is 5.69 Å². The summed E-state index contributed by atoms with van der Waals surface area (Å²) in [6.07, 6.45) is -4.04. The number of rotatable bonds is 5. The van der Waals surface area contributed by atoms with E-state index in [1.54, 1.807) is 6.92 Å². The summed E-state index contributed by atoms with van der Waals surface area (Å²) in [5.74, 6) is -1.72. The fraction of sp³-hybridized carbons (Fsp3) is 0.312. The van der Waals surface area contributed by atoms with Crippen molar-refractivity contribution in [2.24, 2.45) is 0 Å². The third-order valence-electron chi connectivity index (χ3n) is 3.34. The molecule has 6 nitrogen and oxygen atoms in total. The summed E-state index contributed by atoms with van der Waals surface area (Å²) in [4.78, 5) is 24.7. The second-order valence-electron chi connectivity index (χ2n) is 5.26. The standard InChI is InChI=1S/C16H15ClF3N3O3/c1-3-26-13(24)9-22(2)15(25)12-8-21-23(14(12)16(18,19)20)11-6-4-5-10(17)7-11/h4-8H,3,9H2,1-2H3. The normalized spacial score (nSPS) is 11.3. The van der Waals surface area contributed by atoms with Crippen molar-refractivity contribution in [2.45, 2.75) is 13.1 Å². The van der Waals surface area contributed by atoms with Crippen LogP contribution in [0.4, 0.5) is 13.2 Å². The number of halogens is 4. The van der Waals surface area contributed by atoms with Gasteiger partial charge in [0.2, 0.25) is 0 Å². The molecule has 0 aliphatic carbocycles. The van der Waals surface area contributed by atoms with Gasteiger partial charge in [-0.2, -0.15) is 18.3 Å². The van der Waals surface area contributed by atoms with Crippen LogP contribution < -0.4 is 0 Å². The maximum absolute atomic E-state index is 13.6. The van der Waals surface area contributed by atoms with Gasteiger partial charge in [0.05, 0.1) is 24.1 Å². The smallest absolute Gasteiger partial charge is 0.434 e. The van der Waals surface area contributed by atoms with Gasteiger partial charge in [-0.15, -0.1) is 0 Å². The minimum Gasteiger partial charge on any atom is -0.465 e. The average molecular weight is 390 g/mol. The second-order valence-corrected chi connectivity index (χ2v) is 5.70. The first kappa shape index (κ1) is 19.8. The van der Waals surface area contributed by atoms with Crippen LogP contribution >= 0.6 is 11.6 Å². The number of esters is 1. The minimum atomic E-state index is -4.85. The number of aromatic nitrogens is 2. The van der Waals surface area contributed by atoms with Crippen LogP contribution in [0.15, 0.2) is 30.5 Å². The van der Waals surface area contributed by atoms with E-state index in [0.29, 0.717) is 4.68 Å². The third-order valence-corrected chi connectivity index (χ3v) is 3.57. The molecule has 1 heterocycles. The van der Waals surface area contributed by atoms with E-state index < -0.39 is 35.9 Å². The number of ether oxygens (including phenoxy) is 1. The van der Waals surface area contributed by atoms with Gasteiger partial charge in [0.1, 0.15) is 6.54 Å². The summed E-state index contributed by atoms with van der Waals surface area (Å²) in [5, 5.41) is 3.91. The minimum absolute atomic E-state index is 0.0527. The molecule has 0 fully saturated rings. The molecule has 0 saturated carbocycles. The molecule has 10 heteroatoms. The Morgan fingerprint density at radius 3 is 2.62 bits per heavy atom. The zero-order valence-corrected chi connectivity index (χ0v) is 14.6. The Bertz CT molecular complexity index is 821. The molecule has 1 amide bonds. The van der Waals surface area contributed by atoms with Gasteiger partial charge < -0.3 is 9.64 Å². The van der Waals surface area contributed by atoms with Gasteiger partial charge in [0.25, 0.3) is 5.91 Å². The Kier molecular flexibility index (Phi) is 5.91. The Labute approximate surface area is 152 Å². The molecule has 26 heavy (non-hydrogen) atoms. The quantitative estimate of drug-likeness (QED) is 0.737. The van der Waals surface area contributed by atoms with Crippen molar-refractivity contribution in [3.63, 3.8) is 0 Å². The first-order valence-corrected chi connectivity index (χ1v) is 7.85. The van der Waals surface area contributed by atoms with Crippen LogP contribution in [0.1, 0.15) is 23.0 Å². The number of hydrogen-bond donors (Lipinski definition) is 0. The van der Waals surface area contributed by atoms with Crippen molar-refractivity contribution in [3.05, 3.63) is 46.7 Å². The van der Waals surface area contributed by atoms with Crippen LogP contribution in [0, 0.1) is 0 Å². The van der Waals surface area contributed by atoms with E-state index >= 15 is 0 Å². The molecular weight excluding hydrogens is 375 g/mol. The molecule has 1 aromatic heterocycles. The molecule has 0 radical (unpaired) electrons. The summed E-state index contributed by atoms with van der Waals surface area (Å²) in [6.45, 7) is 1.20. The zero-order chi connectivity index (χ0) is 19.5. The number of carbonyl (C=O) groups excluding carboxylic acids is 2. The second kappa shape index (κ2) is 7.77. The van der Waals surface area contributed by atoms with E-state index in [4.69, 9.17) is 16.3 Å². The monoisotopic (exact) mass is 389 g/mol. The maximum atomic E-state index is 13.6. The van der Waals surface area contributed by atoms with Gasteiger partial charge in [-0.25, -0.2) is 4.68 Å². The highest BCUT2D eigenvalue weighted by Gasteiger charge is 2.41. The van der Waals surface area contributed by atoms with Crippen LogP contribution in [-0.2, 0) is 15.7 Å². The molecule has 140 valence electrons. The van der Waals surface area contributed by atoms with Gasteiger partial charge in [-0.1, -0.05) is 17.7 Å². The van der Waals surface area contributed by atoms with Crippen molar-refractivity contribution in [1.82, 2.24) is 14.7 Å². The summed E-state index contributed by atoms with van der Waals surface area (Å²) >= 11 is 5.82. The lowest BCUT2D eigenvalue weighted by atomic mass is 10.2. The van der Waals surface area contributed by atoms with Gasteiger partial charge in [0, 0.05) is 12.1 Å². The summed E-state index contributed by atoms with van der Waals surface area (Å²) in [7, 11) is 1.20. The van der Waals surface area contributed by atoms with E-state index in [1.807, 2.05) is 0 Å². The van der Waals surface area contributed by atoms with E-state index in [2.05, 4.69) is 5.10 Å². The molecule has 0 unspecified atom stereocenters. The largest absolute Gasteiger partial charge is 0.465 e. The Balaban J connectivity index is 2.44. The summed E-state index contributed by atoms with van der Waals surface area (Å²) in [6, 6.07) is 5.64. The molecular formula is C16H15ClF3N3O3. The molecule has 0 bridgehead atoms. The number of carbonyl (C=O) groups is 2. The number of hydrogen-bond acceptors (Lipinski definition) is 4. The topological polar surface area (TPSA) is 64.4 Å². The zero-order valence-electron chi connectivity index (χ0n) is 13.9. The Morgan fingerprint density at radius 2 is 2.04 bits per heavy atom. The molecule has 0 aliphatic heterocycles. The van der Waals surface area contributed by atoms with E-state index in [-0.39, 0.29) is 17.3 Å². The summed E-state index contributed by atoms with van der Waals surface area (Å²) < 4.78 is 46.0. The number of nitrogens with zero attached hydrogens (tertiary/aromatic N) is 3. The molecule has 0 saturated heterocycles. The van der Waals surface area contributed by atoms with Crippen LogP contribution in [0.3, 0.4) is 0 Å². The van der Waals surface area contributed by atoms with Gasteiger partial charge >= 0.3 is 12.1 Å². The predicted octanol–water partition coefficient (Wildman–Crippen LogP) is 3.18. The van der Waals surface area contributed by atoms with Crippen molar-refractivity contribution in [2.75, 3.05) is 20.2 Å². The fourth-order valence-electron chi connectivity index (χ4n) is 2.26. The highest BCUT2D eigenvalue weighted by atomic mass is 35.5. The van der Waals surface area contributed by atoms with Crippen LogP contribution in [0.5, 0.6) is 0 Å². The molecule has 2 rings (SSSR count). The Morgan fingerprint density at radius 1 is 1.35 bits per heavy atom. The molecule has 0 spiro atoms. The lowest BCUT2D eigenvalue weighted by molar-refractivity contribution is -0.143. The maximum Gasteiger partial charge on any atom is 0.434 e. The molecule has 0 atom stereocenters. The fourth-order valence-corrected chi connectivity index (χ4v) is 2.44. The summed E-state index contributed by atoms with van der Waals surface area (Å²) in [5.41, 5.74) is -1.87. The number of benzene rings is 1. The SMILES string of the molecule is CCOC(=O)CN(C)C(=O)c1cnn(-c2cccc(Cl)c2)c1C(F)(F)F. The van der Waals surface area contributed by atoms with Crippen molar-refractivity contribution in [3.8, 4) is 5.69 Å². The van der Waals surface area contributed by atoms with Crippen LogP contribution in [0.2, 0.25) is 5.02 Å². The van der Waals surface area contributed by atoms with Gasteiger partial charge in [0.15, 0.2) is 5.69 Å². The molecule has 0 N–H and O–H groups in total.